The normalized spacial score (nSPS) is 17.4. The Kier molecular flexibility index (Phi) is 4.01. The van der Waals surface area contributed by atoms with Crippen molar-refractivity contribution in [3.63, 3.8) is 0 Å². The molecule has 1 aliphatic rings. The first kappa shape index (κ1) is 13.1. The standard InChI is InChI=1S/C13H23N5/c1-4-12-15-11(14)9-13(16-12)18-7-5-17(6-8-18)10(2)3/h9-10H,4-8H2,1-3H3,(H2,14,15,16). The second kappa shape index (κ2) is 5.52. The topological polar surface area (TPSA) is 58.3 Å². The van der Waals surface area contributed by atoms with Crippen LogP contribution in [-0.2, 0) is 6.42 Å². The molecule has 1 aromatic heterocycles. The van der Waals surface area contributed by atoms with E-state index in [2.05, 4.69) is 40.5 Å². The molecule has 0 aromatic carbocycles. The summed E-state index contributed by atoms with van der Waals surface area (Å²) in [5, 5.41) is 0. The van der Waals surface area contributed by atoms with Gasteiger partial charge in [0.05, 0.1) is 0 Å². The number of hydrogen-bond donors (Lipinski definition) is 1. The Labute approximate surface area is 109 Å². The molecule has 0 radical (unpaired) electrons. The number of nitrogen functional groups attached to an aromatic ring is 1. The fraction of sp³-hybridized carbons (Fsp3) is 0.692. The first-order valence-corrected chi connectivity index (χ1v) is 6.72. The minimum atomic E-state index is 0.572. The molecule has 0 aliphatic carbocycles. The van der Waals surface area contributed by atoms with Crippen LogP contribution < -0.4 is 10.6 Å². The number of aryl methyl sites for hydroxylation is 1. The Hall–Kier alpha value is -1.36. The summed E-state index contributed by atoms with van der Waals surface area (Å²) in [6, 6.07) is 2.50. The molecule has 2 rings (SSSR count). The van der Waals surface area contributed by atoms with Crippen LogP contribution in [0.4, 0.5) is 11.6 Å². The largest absolute Gasteiger partial charge is 0.384 e. The first-order valence-electron chi connectivity index (χ1n) is 6.72. The zero-order valence-electron chi connectivity index (χ0n) is 11.6. The van der Waals surface area contributed by atoms with Gasteiger partial charge in [-0.2, -0.15) is 0 Å². The molecule has 5 heteroatoms. The number of nitrogens with zero attached hydrogens (tertiary/aromatic N) is 4. The SMILES string of the molecule is CCc1nc(N)cc(N2CCN(C(C)C)CC2)n1. The van der Waals surface area contributed by atoms with Crippen molar-refractivity contribution >= 4 is 11.6 Å². The zero-order chi connectivity index (χ0) is 13.1. The molecule has 18 heavy (non-hydrogen) atoms. The van der Waals surface area contributed by atoms with E-state index in [4.69, 9.17) is 5.73 Å². The molecule has 0 atom stereocenters. The first-order chi connectivity index (χ1) is 8.60. The van der Waals surface area contributed by atoms with E-state index in [-0.39, 0.29) is 0 Å². The van der Waals surface area contributed by atoms with Crippen molar-refractivity contribution in [2.24, 2.45) is 0 Å². The van der Waals surface area contributed by atoms with Crippen LogP contribution in [0.3, 0.4) is 0 Å². The van der Waals surface area contributed by atoms with Gasteiger partial charge in [0, 0.05) is 44.7 Å². The predicted molar refractivity (Wildman–Crippen MR) is 74.7 cm³/mol. The number of anilines is 2. The van der Waals surface area contributed by atoms with Gasteiger partial charge in [0.2, 0.25) is 0 Å². The Bertz CT molecular complexity index is 396. The predicted octanol–water partition coefficient (Wildman–Crippen LogP) is 1.15. The minimum Gasteiger partial charge on any atom is -0.384 e. The van der Waals surface area contributed by atoms with Crippen molar-refractivity contribution in [2.75, 3.05) is 36.8 Å². The van der Waals surface area contributed by atoms with Crippen molar-refractivity contribution in [2.45, 2.75) is 33.2 Å². The average molecular weight is 249 g/mol. The van der Waals surface area contributed by atoms with E-state index in [0.717, 1.165) is 44.2 Å². The summed E-state index contributed by atoms with van der Waals surface area (Å²) in [6.45, 7) is 10.7. The monoisotopic (exact) mass is 249 g/mol. The third-order valence-corrected chi connectivity index (χ3v) is 3.46. The lowest BCUT2D eigenvalue weighted by Gasteiger charge is -2.37. The van der Waals surface area contributed by atoms with Gasteiger partial charge in [0.1, 0.15) is 17.5 Å². The van der Waals surface area contributed by atoms with Gasteiger partial charge in [0.25, 0.3) is 0 Å². The maximum absolute atomic E-state index is 5.83. The highest BCUT2D eigenvalue weighted by molar-refractivity contribution is 5.47. The van der Waals surface area contributed by atoms with Crippen LogP contribution in [0.25, 0.3) is 0 Å². The van der Waals surface area contributed by atoms with Gasteiger partial charge in [-0.25, -0.2) is 9.97 Å². The van der Waals surface area contributed by atoms with E-state index in [1.807, 2.05) is 6.07 Å². The number of piperazine rings is 1. The molecule has 1 fully saturated rings. The van der Waals surface area contributed by atoms with Crippen molar-refractivity contribution in [1.29, 1.82) is 0 Å². The lowest BCUT2D eigenvalue weighted by molar-refractivity contribution is 0.209. The van der Waals surface area contributed by atoms with Crippen molar-refractivity contribution in [1.82, 2.24) is 14.9 Å². The van der Waals surface area contributed by atoms with E-state index in [0.29, 0.717) is 11.9 Å². The number of aromatic nitrogens is 2. The molecule has 2 N–H and O–H groups in total. The maximum Gasteiger partial charge on any atom is 0.134 e. The Morgan fingerprint density at radius 1 is 1.22 bits per heavy atom. The smallest absolute Gasteiger partial charge is 0.134 e. The Morgan fingerprint density at radius 3 is 2.44 bits per heavy atom. The molecule has 1 saturated heterocycles. The Balaban J connectivity index is 2.07. The van der Waals surface area contributed by atoms with E-state index in [9.17, 15) is 0 Å². The van der Waals surface area contributed by atoms with Gasteiger partial charge < -0.3 is 10.6 Å². The highest BCUT2D eigenvalue weighted by atomic mass is 15.3. The second-order valence-electron chi connectivity index (χ2n) is 5.04. The molecule has 1 aliphatic heterocycles. The molecular weight excluding hydrogens is 226 g/mol. The van der Waals surface area contributed by atoms with E-state index in [1.54, 1.807) is 0 Å². The van der Waals surface area contributed by atoms with Gasteiger partial charge in [-0.1, -0.05) is 6.92 Å². The number of rotatable bonds is 3. The zero-order valence-corrected chi connectivity index (χ0v) is 11.6. The summed E-state index contributed by atoms with van der Waals surface area (Å²) >= 11 is 0. The number of nitrogens with two attached hydrogens (primary N) is 1. The van der Waals surface area contributed by atoms with Crippen molar-refractivity contribution < 1.29 is 0 Å². The third-order valence-electron chi connectivity index (χ3n) is 3.46. The van der Waals surface area contributed by atoms with Gasteiger partial charge in [-0.15, -0.1) is 0 Å². The average Bonchev–Trinajstić information content (AvgIpc) is 2.38. The van der Waals surface area contributed by atoms with Crippen LogP contribution in [0, 0.1) is 0 Å². The molecule has 0 amide bonds. The molecule has 100 valence electrons. The second-order valence-corrected chi connectivity index (χ2v) is 5.04. The van der Waals surface area contributed by atoms with Crippen LogP contribution in [0.15, 0.2) is 6.07 Å². The van der Waals surface area contributed by atoms with Gasteiger partial charge in [-0.05, 0) is 13.8 Å². The highest BCUT2D eigenvalue weighted by Crippen LogP contribution is 2.17. The highest BCUT2D eigenvalue weighted by Gasteiger charge is 2.20. The summed E-state index contributed by atoms with van der Waals surface area (Å²) < 4.78 is 0. The fourth-order valence-corrected chi connectivity index (χ4v) is 2.29. The van der Waals surface area contributed by atoms with Crippen molar-refractivity contribution in [3.05, 3.63) is 11.9 Å². The van der Waals surface area contributed by atoms with Gasteiger partial charge in [-0.3, -0.25) is 4.90 Å². The van der Waals surface area contributed by atoms with Crippen molar-refractivity contribution in [3.8, 4) is 0 Å². The number of hydrogen-bond acceptors (Lipinski definition) is 5. The van der Waals surface area contributed by atoms with Crippen LogP contribution in [-0.4, -0.2) is 47.1 Å². The summed E-state index contributed by atoms with van der Waals surface area (Å²) in [4.78, 5) is 13.6. The molecule has 0 bridgehead atoms. The summed E-state index contributed by atoms with van der Waals surface area (Å²) in [6.07, 6.45) is 0.823. The van der Waals surface area contributed by atoms with Crippen LogP contribution in [0.2, 0.25) is 0 Å². The van der Waals surface area contributed by atoms with Crippen LogP contribution in [0.1, 0.15) is 26.6 Å². The molecule has 1 aromatic rings. The summed E-state index contributed by atoms with van der Waals surface area (Å²) in [5.41, 5.74) is 5.83. The van der Waals surface area contributed by atoms with Gasteiger partial charge >= 0.3 is 0 Å². The molecule has 0 unspecified atom stereocenters. The lowest BCUT2D eigenvalue weighted by atomic mass is 10.2. The van der Waals surface area contributed by atoms with Gasteiger partial charge in [0.15, 0.2) is 0 Å². The molecule has 2 heterocycles. The molecule has 0 spiro atoms. The fourth-order valence-electron chi connectivity index (χ4n) is 2.29. The lowest BCUT2D eigenvalue weighted by Crippen LogP contribution is -2.49. The van der Waals surface area contributed by atoms with E-state index >= 15 is 0 Å². The van der Waals surface area contributed by atoms with Crippen LogP contribution in [0.5, 0.6) is 0 Å². The Morgan fingerprint density at radius 2 is 1.89 bits per heavy atom. The minimum absolute atomic E-state index is 0.572. The summed E-state index contributed by atoms with van der Waals surface area (Å²) in [7, 11) is 0. The summed E-state index contributed by atoms with van der Waals surface area (Å²) in [5.74, 6) is 2.38. The molecule has 5 nitrogen and oxygen atoms in total. The maximum atomic E-state index is 5.83. The third kappa shape index (κ3) is 2.90. The van der Waals surface area contributed by atoms with E-state index in [1.165, 1.54) is 0 Å². The quantitative estimate of drug-likeness (QED) is 0.871. The van der Waals surface area contributed by atoms with Crippen LogP contribution >= 0.6 is 0 Å². The molecule has 0 saturated carbocycles. The molecular formula is C13H23N5. The van der Waals surface area contributed by atoms with E-state index < -0.39 is 0 Å².